The molecule has 1 heterocycles. The predicted molar refractivity (Wildman–Crippen MR) is 156 cm³/mol. The van der Waals surface area contributed by atoms with Crippen molar-refractivity contribution in [3.05, 3.63) is 89.3 Å². The molecule has 1 fully saturated rings. The summed E-state index contributed by atoms with van der Waals surface area (Å²) in [5.41, 5.74) is 3.48. The molecule has 0 bridgehead atoms. The molecule has 180 valence electrons. The fourth-order valence-corrected chi connectivity index (χ4v) is 5.32. The number of amidine groups is 1. The van der Waals surface area contributed by atoms with Crippen LogP contribution in [0.2, 0.25) is 5.02 Å². The number of hydrogen-bond donors (Lipinski definition) is 1. The van der Waals surface area contributed by atoms with E-state index < -0.39 is 0 Å². The summed E-state index contributed by atoms with van der Waals surface area (Å²) in [5.74, 6) is 1.12. The summed E-state index contributed by atoms with van der Waals surface area (Å²) in [7, 11) is 0. The number of amides is 1. The third kappa shape index (κ3) is 6.61. The zero-order valence-electron chi connectivity index (χ0n) is 18.9. The molecule has 1 aliphatic heterocycles. The molecule has 1 aliphatic rings. The molecule has 9 heteroatoms. The van der Waals surface area contributed by atoms with Gasteiger partial charge in [-0.25, -0.2) is 4.99 Å². The van der Waals surface area contributed by atoms with Gasteiger partial charge in [-0.05, 0) is 107 Å². The molecular weight excluding hydrogens is 663 g/mol. The number of carbonyl (C=O) groups excluding carboxylic acids is 1. The van der Waals surface area contributed by atoms with Crippen LogP contribution in [0.15, 0.2) is 69.0 Å². The van der Waals surface area contributed by atoms with E-state index in [-0.39, 0.29) is 5.91 Å². The quantitative estimate of drug-likeness (QED) is 0.203. The number of nitrogens with zero attached hydrogens (tertiary/aromatic N) is 1. The molecule has 0 atom stereocenters. The Morgan fingerprint density at radius 1 is 1.17 bits per heavy atom. The van der Waals surface area contributed by atoms with Gasteiger partial charge in [0.15, 0.2) is 16.7 Å². The number of rotatable bonds is 7. The Labute approximate surface area is 235 Å². The maximum absolute atomic E-state index is 12.6. The van der Waals surface area contributed by atoms with Crippen molar-refractivity contribution in [2.45, 2.75) is 20.5 Å². The van der Waals surface area contributed by atoms with E-state index in [0.717, 1.165) is 30.4 Å². The second-order valence-corrected chi connectivity index (χ2v) is 11.1. The molecule has 0 aliphatic carbocycles. The van der Waals surface area contributed by atoms with E-state index in [1.54, 1.807) is 0 Å². The van der Waals surface area contributed by atoms with Crippen LogP contribution in [0.4, 0.5) is 5.69 Å². The van der Waals surface area contributed by atoms with Crippen LogP contribution in [0.5, 0.6) is 11.5 Å². The standard InChI is InChI=1S/C26H21BrClIN2O3S/c1-3-33-22-12-17(11-20(29)24(22)34-14-16-7-9-18(27)10-8-16)13-23-25(32)31-26(35-23)30-21-6-4-5-19(28)15(21)2/h4-13H,3,14H2,1-2H3,(H,30,31,32)/b23-13+. The van der Waals surface area contributed by atoms with Gasteiger partial charge in [0.2, 0.25) is 0 Å². The number of carbonyl (C=O) groups is 1. The van der Waals surface area contributed by atoms with Crippen LogP contribution >= 0.6 is 61.9 Å². The van der Waals surface area contributed by atoms with E-state index >= 15 is 0 Å². The van der Waals surface area contributed by atoms with Crippen LogP contribution in [0.1, 0.15) is 23.6 Å². The molecule has 0 aromatic heterocycles. The Kier molecular flexibility index (Phi) is 8.80. The van der Waals surface area contributed by atoms with E-state index in [4.69, 9.17) is 21.1 Å². The van der Waals surface area contributed by atoms with E-state index in [1.807, 2.05) is 74.5 Å². The highest BCUT2D eigenvalue weighted by atomic mass is 127. The number of nitrogens with one attached hydrogen (secondary N) is 1. The van der Waals surface area contributed by atoms with Crippen molar-refractivity contribution < 1.29 is 14.3 Å². The second kappa shape index (κ2) is 11.8. The Morgan fingerprint density at radius 3 is 2.69 bits per heavy atom. The minimum absolute atomic E-state index is 0.197. The van der Waals surface area contributed by atoms with Crippen molar-refractivity contribution in [3.8, 4) is 11.5 Å². The van der Waals surface area contributed by atoms with Crippen molar-refractivity contribution in [3.63, 3.8) is 0 Å². The number of benzene rings is 3. The average molecular weight is 684 g/mol. The molecule has 1 amide bonds. The van der Waals surface area contributed by atoms with Crippen molar-refractivity contribution in [1.82, 2.24) is 5.32 Å². The van der Waals surface area contributed by atoms with E-state index in [0.29, 0.717) is 39.8 Å². The van der Waals surface area contributed by atoms with Crippen molar-refractivity contribution in [1.29, 1.82) is 0 Å². The first kappa shape index (κ1) is 26.1. The van der Waals surface area contributed by atoms with Crippen molar-refractivity contribution in [2.75, 3.05) is 6.61 Å². The third-order valence-corrected chi connectivity index (χ3v) is 7.69. The first-order valence-corrected chi connectivity index (χ1v) is 13.8. The highest BCUT2D eigenvalue weighted by Crippen LogP contribution is 2.37. The van der Waals surface area contributed by atoms with Gasteiger partial charge >= 0.3 is 0 Å². The Balaban J connectivity index is 1.56. The summed E-state index contributed by atoms with van der Waals surface area (Å²) < 4.78 is 13.9. The molecule has 1 saturated heterocycles. The number of thioether (sulfide) groups is 1. The SMILES string of the molecule is CCOc1cc(/C=C2/SC(=Nc3cccc(Cl)c3C)NC2=O)cc(I)c1OCc1ccc(Br)cc1. The summed E-state index contributed by atoms with van der Waals surface area (Å²) >= 11 is 13.2. The molecular formula is C26H21BrClIN2O3S. The smallest absolute Gasteiger partial charge is 0.264 e. The Morgan fingerprint density at radius 2 is 1.94 bits per heavy atom. The van der Waals surface area contributed by atoms with Gasteiger partial charge in [-0.15, -0.1) is 0 Å². The topological polar surface area (TPSA) is 59.9 Å². The van der Waals surface area contributed by atoms with Gasteiger partial charge in [0.25, 0.3) is 5.91 Å². The lowest BCUT2D eigenvalue weighted by Gasteiger charge is -2.15. The number of ether oxygens (including phenoxy) is 2. The van der Waals surface area contributed by atoms with Gasteiger partial charge in [0.1, 0.15) is 6.61 Å². The summed E-state index contributed by atoms with van der Waals surface area (Å²) in [6.45, 7) is 4.75. The predicted octanol–water partition coefficient (Wildman–Crippen LogP) is 7.88. The zero-order chi connectivity index (χ0) is 24.9. The summed E-state index contributed by atoms with van der Waals surface area (Å²) in [4.78, 5) is 17.7. The molecule has 5 nitrogen and oxygen atoms in total. The van der Waals surface area contributed by atoms with E-state index in [2.05, 4.69) is 48.8 Å². The van der Waals surface area contributed by atoms with Gasteiger partial charge < -0.3 is 14.8 Å². The van der Waals surface area contributed by atoms with Gasteiger partial charge in [-0.2, -0.15) is 0 Å². The lowest BCUT2D eigenvalue weighted by atomic mass is 10.2. The molecule has 4 rings (SSSR count). The van der Waals surface area contributed by atoms with E-state index in [9.17, 15) is 4.79 Å². The normalized spacial score (nSPS) is 15.5. The Hall–Kier alpha value is -2.01. The number of aliphatic imine (C=N–C) groups is 1. The molecule has 0 radical (unpaired) electrons. The fourth-order valence-electron chi connectivity index (χ4n) is 3.27. The first-order valence-electron chi connectivity index (χ1n) is 10.7. The highest BCUT2D eigenvalue weighted by Gasteiger charge is 2.24. The van der Waals surface area contributed by atoms with Crippen LogP contribution in [-0.2, 0) is 11.4 Å². The molecule has 0 unspecified atom stereocenters. The molecule has 3 aromatic carbocycles. The van der Waals surface area contributed by atoms with Crippen LogP contribution in [0.25, 0.3) is 6.08 Å². The lowest BCUT2D eigenvalue weighted by Crippen LogP contribution is -2.19. The van der Waals surface area contributed by atoms with Crippen molar-refractivity contribution in [2.24, 2.45) is 4.99 Å². The summed E-state index contributed by atoms with van der Waals surface area (Å²) in [6, 6.07) is 17.4. The minimum Gasteiger partial charge on any atom is -0.490 e. The largest absolute Gasteiger partial charge is 0.490 e. The highest BCUT2D eigenvalue weighted by molar-refractivity contribution is 14.1. The minimum atomic E-state index is -0.197. The molecule has 3 aromatic rings. The van der Waals surface area contributed by atoms with Gasteiger partial charge in [0.05, 0.1) is 20.8 Å². The lowest BCUT2D eigenvalue weighted by molar-refractivity contribution is -0.115. The fraction of sp³-hybridized carbons (Fsp3) is 0.154. The zero-order valence-corrected chi connectivity index (χ0v) is 24.2. The maximum atomic E-state index is 12.6. The van der Waals surface area contributed by atoms with Crippen molar-refractivity contribution >= 4 is 84.7 Å². The molecule has 0 saturated carbocycles. The third-order valence-electron chi connectivity index (χ3n) is 5.04. The molecule has 0 spiro atoms. The first-order chi connectivity index (χ1) is 16.8. The number of hydrogen-bond acceptors (Lipinski definition) is 5. The second-order valence-electron chi connectivity index (χ2n) is 7.54. The molecule has 35 heavy (non-hydrogen) atoms. The molecule has 1 N–H and O–H groups in total. The summed E-state index contributed by atoms with van der Waals surface area (Å²) in [6.07, 6.45) is 1.83. The van der Waals surface area contributed by atoms with Gasteiger partial charge in [-0.1, -0.05) is 45.7 Å². The average Bonchev–Trinajstić information content (AvgIpc) is 3.16. The summed E-state index contributed by atoms with van der Waals surface area (Å²) in [5, 5.41) is 3.98. The monoisotopic (exact) mass is 682 g/mol. The maximum Gasteiger partial charge on any atom is 0.264 e. The number of halogens is 3. The van der Waals surface area contributed by atoms with Gasteiger partial charge in [0, 0.05) is 9.50 Å². The van der Waals surface area contributed by atoms with Crippen LogP contribution in [0.3, 0.4) is 0 Å². The van der Waals surface area contributed by atoms with E-state index in [1.165, 1.54) is 11.8 Å². The van der Waals surface area contributed by atoms with Gasteiger partial charge in [-0.3, -0.25) is 4.79 Å². The van der Waals surface area contributed by atoms with Crippen LogP contribution in [-0.4, -0.2) is 17.7 Å². The Bertz CT molecular complexity index is 1330. The van der Waals surface area contributed by atoms with Crippen LogP contribution in [0, 0.1) is 10.5 Å². The van der Waals surface area contributed by atoms with Crippen LogP contribution < -0.4 is 14.8 Å².